The first-order chi connectivity index (χ1) is 8.58. The zero-order chi connectivity index (χ0) is 13.1. The van der Waals surface area contributed by atoms with Crippen LogP contribution in [0.5, 0.6) is 0 Å². The number of hydrogen-bond donors (Lipinski definition) is 1. The maximum Gasteiger partial charge on any atom is 0.159 e. The summed E-state index contributed by atoms with van der Waals surface area (Å²) in [6.07, 6.45) is 3.31. The van der Waals surface area contributed by atoms with E-state index in [4.69, 9.17) is 0 Å². The van der Waals surface area contributed by atoms with Gasteiger partial charge in [0.25, 0.3) is 0 Å². The largest absolute Gasteiger partial charge is 0.310 e. The van der Waals surface area contributed by atoms with Crippen LogP contribution in [0.4, 0.5) is 8.78 Å². The Bertz CT molecular complexity index is 403. The molecule has 2 unspecified atom stereocenters. The Morgan fingerprint density at radius 3 is 2.56 bits per heavy atom. The van der Waals surface area contributed by atoms with Gasteiger partial charge in [0, 0.05) is 6.04 Å². The first-order valence-corrected chi connectivity index (χ1v) is 6.76. The first-order valence-electron chi connectivity index (χ1n) is 6.76. The molecule has 2 rings (SSSR count). The van der Waals surface area contributed by atoms with Crippen molar-refractivity contribution in [2.24, 2.45) is 11.8 Å². The third-order valence-electron chi connectivity index (χ3n) is 4.02. The van der Waals surface area contributed by atoms with Crippen LogP contribution in [0.2, 0.25) is 0 Å². The average Bonchev–Trinajstić information content (AvgIpc) is 2.58. The van der Waals surface area contributed by atoms with Gasteiger partial charge in [-0.3, -0.25) is 0 Å². The predicted octanol–water partition coefficient (Wildman–Crippen LogP) is 4.05. The second-order valence-electron chi connectivity index (χ2n) is 5.55. The molecule has 0 amide bonds. The number of rotatable bonds is 2. The second kappa shape index (κ2) is 5.79. The maximum absolute atomic E-state index is 13.2. The molecule has 100 valence electrons. The van der Waals surface area contributed by atoms with Gasteiger partial charge in [-0.2, -0.15) is 0 Å². The summed E-state index contributed by atoms with van der Waals surface area (Å²) < 4.78 is 26.2. The highest BCUT2D eigenvalue weighted by atomic mass is 19.2. The molecule has 18 heavy (non-hydrogen) atoms. The lowest BCUT2D eigenvalue weighted by Gasteiger charge is -2.18. The van der Waals surface area contributed by atoms with Crippen LogP contribution in [-0.4, -0.2) is 6.54 Å². The minimum Gasteiger partial charge on any atom is -0.310 e. The van der Waals surface area contributed by atoms with Crippen LogP contribution in [0, 0.1) is 23.5 Å². The van der Waals surface area contributed by atoms with E-state index < -0.39 is 11.6 Å². The lowest BCUT2D eigenvalue weighted by Crippen LogP contribution is -2.20. The molecule has 0 spiro atoms. The monoisotopic (exact) mass is 253 g/mol. The molecule has 0 radical (unpaired) electrons. The van der Waals surface area contributed by atoms with Crippen molar-refractivity contribution in [1.29, 1.82) is 0 Å². The van der Waals surface area contributed by atoms with Gasteiger partial charge in [-0.1, -0.05) is 19.9 Å². The second-order valence-corrected chi connectivity index (χ2v) is 5.55. The van der Waals surface area contributed by atoms with Gasteiger partial charge >= 0.3 is 0 Å². The van der Waals surface area contributed by atoms with Gasteiger partial charge < -0.3 is 5.32 Å². The van der Waals surface area contributed by atoms with E-state index in [1.54, 1.807) is 6.07 Å². The molecule has 1 N–H and O–H groups in total. The highest BCUT2D eigenvalue weighted by Gasteiger charge is 2.22. The quantitative estimate of drug-likeness (QED) is 0.838. The summed E-state index contributed by atoms with van der Waals surface area (Å²) in [4.78, 5) is 0. The van der Waals surface area contributed by atoms with E-state index in [1.165, 1.54) is 12.1 Å². The van der Waals surface area contributed by atoms with Crippen molar-refractivity contribution in [3.05, 3.63) is 35.4 Å². The molecular formula is C15H21F2N. The molecule has 3 heteroatoms. The Kier molecular flexibility index (Phi) is 4.33. The normalized spacial score (nSPS) is 25.2. The average molecular weight is 253 g/mol. The van der Waals surface area contributed by atoms with Gasteiger partial charge in [-0.15, -0.1) is 0 Å². The van der Waals surface area contributed by atoms with E-state index in [2.05, 4.69) is 19.2 Å². The van der Waals surface area contributed by atoms with E-state index in [0.29, 0.717) is 5.92 Å². The predicted molar refractivity (Wildman–Crippen MR) is 69.3 cm³/mol. The van der Waals surface area contributed by atoms with Crippen LogP contribution in [0.1, 0.15) is 44.7 Å². The highest BCUT2D eigenvalue weighted by Crippen LogP contribution is 2.30. The number of hydrogen-bond acceptors (Lipinski definition) is 1. The number of benzene rings is 1. The molecule has 0 aromatic heterocycles. The SMILES string of the molecule is CC(C)C1CCNC(c2ccc(F)c(F)c2)CC1. The van der Waals surface area contributed by atoms with Crippen LogP contribution >= 0.6 is 0 Å². The van der Waals surface area contributed by atoms with Gasteiger partial charge in [0.1, 0.15) is 0 Å². The summed E-state index contributed by atoms with van der Waals surface area (Å²) in [6.45, 7) is 5.46. The molecular weight excluding hydrogens is 232 g/mol. The van der Waals surface area contributed by atoms with Gasteiger partial charge in [-0.05, 0) is 55.3 Å². The molecule has 1 fully saturated rings. The van der Waals surface area contributed by atoms with Gasteiger partial charge in [0.15, 0.2) is 11.6 Å². The Balaban J connectivity index is 2.07. The van der Waals surface area contributed by atoms with Crippen molar-refractivity contribution in [2.45, 2.75) is 39.2 Å². The number of nitrogens with one attached hydrogen (secondary N) is 1. The van der Waals surface area contributed by atoms with Crippen molar-refractivity contribution in [3.8, 4) is 0 Å². The van der Waals surface area contributed by atoms with Gasteiger partial charge in [0.05, 0.1) is 0 Å². The topological polar surface area (TPSA) is 12.0 Å². The van der Waals surface area contributed by atoms with E-state index in [-0.39, 0.29) is 6.04 Å². The van der Waals surface area contributed by atoms with E-state index in [0.717, 1.165) is 37.3 Å². The van der Waals surface area contributed by atoms with E-state index >= 15 is 0 Å². The van der Waals surface area contributed by atoms with Crippen LogP contribution in [-0.2, 0) is 0 Å². The van der Waals surface area contributed by atoms with Crippen molar-refractivity contribution >= 4 is 0 Å². The molecule has 1 heterocycles. The summed E-state index contributed by atoms with van der Waals surface area (Å²) >= 11 is 0. The van der Waals surface area contributed by atoms with Crippen LogP contribution in [0.25, 0.3) is 0 Å². The standard InChI is InChI=1S/C15H21F2N/c1-10(2)11-4-6-15(18-8-7-11)12-3-5-13(16)14(17)9-12/h3,5,9-11,15,18H,4,6-8H2,1-2H3. The molecule has 1 aliphatic rings. The third-order valence-corrected chi connectivity index (χ3v) is 4.02. The molecule has 1 aromatic carbocycles. The molecule has 1 nitrogen and oxygen atoms in total. The van der Waals surface area contributed by atoms with Gasteiger partial charge in [0.2, 0.25) is 0 Å². The van der Waals surface area contributed by atoms with Crippen LogP contribution < -0.4 is 5.32 Å². The molecule has 2 atom stereocenters. The molecule has 0 bridgehead atoms. The van der Waals surface area contributed by atoms with Crippen molar-refractivity contribution in [2.75, 3.05) is 6.54 Å². The van der Waals surface area contributed by atoms with Crippen molar-refractivity contribution < 1.29 is 8.78 Å². The first kappa shape index (κ1) is 13.5. The summed E-state index contributed by atoms with van der Waals surface area (Å²) in [5.74, 6) is -0.102. The summed E-state index contributed by atoms with van der Waals surface area (Å²) in [6, 6.07) is 4.38. The smallest absolute Gasteiger partial charge is 0.159 e. The van der Waals surface area contributed by atoms with E-state index in [9.17, 15) is 8.78 Å². The Labute approximate surface area is 108 Å². The molecule has 0 saturated carbocycles. The summed E-state index contributed by atoms with van der Waals surface area (Å²) in [5.41, 5.74) is 0.860. The van der Waals surface area contributed by atoms with Crippen molar-refractivity contribution in [3.63, 3.8) is 0 Å². The zero-order valence-corrected chi connectivity index (χ0v) is 11.0. The zero-order valence-electron chi connectivity index (χ0n) is 11.0. The van der Waals surface area contributed by atoms with Crippen molar-refractivity contribution in [1.82, 2.24) is 5.32 Å². The molecule has 0 aliphatic carbocycles. The fourth-order valence-corrected chi connectivity index (χ4v) is 2.75. The number of halogens is 2. The Morgan fingerprint density at radius 2 is 1.89 bits per heavy atom. The van der Waals surface area contributed by atoms with Crippen LogP contribution in [0.3, 0.4) is 0 Å². The minimum atomic E-state index is -0.771. The highest BCUT2D eigenvalue weighted by molar-refractivity contribution is 5.21. The summed E-state index contributed by atoms with van der Waals surface area (Å²) in [5, 5.41) is 3.44. The molecule has 1 saturated heterocycles. The third kappa shape index (κ3) is 3.08. The Morgan fingerprint density at radius 1 is 1.11 bits per heavy atom. The fourth-order valence-electron chi connectivity index (χ4n) is 2.75. The minimum absolute atomic E-state index is 0.156. The fraction of sp³-hybridized carbons (Fsp3) is 0.600. The van der Waals surface area contributed by atoms with Crippen LogP contribution in [0.15, 0.2) is 18.2 Å². The van der Waals surface area contributed by atoms with Gasteiger partial charge in [-0.25, -0.2) is 8.78 Å². The Hall–Kier alpha value is -0.960. The molecule has 1 aliphatic heterocycles. The van der Waals surface area contributed by atoms with E-state index in [1.807, 2.05) is 0 Å². The maximum atomic E-state index is 13.2. The molecule has 1 aromatic rings. The lowest BCUT2D eigenvalue weighted by molar-refractivity contribution is 0.347. The summed E-state index contributed by atoms with van der Waals surface area (Å²) in [7, 11) is 0. The lowest BCUT2D eigenvalue weighted by atomic mass is 9.88.